The fraction of sp³-hybridized carbons (Fsp3) is 0.0769. The Hall–Kier alpha value is -1.74. The fourth-order valence-electron chi connectivity index (χ4n) is 2.02. The molecule has 112 valence electrons. The quantitative estimate of drug-likeness (QED) is 0.872. The summed E-state index contributed by atoms with van der Waals surface area (Å²) in [7, 11) is -7.99. The number of primary sulfonamides is 2. The Morgan fingerprint density at radius 3 is 1.86 bits per heavy atom. The van der Waals surface area contributed by atoms with Gasteiger partial charge in [0.2, 0.25) is 20.0 Å². The second kappa shape index (κ2) is 5.23. The van der Waals surface area contributed by atoms with Crippen LogP contribution in [0, 0.1) is 6.92 Å². The van der Waals surface area contributed by atoms with Crippen molar-refractivity contribution in [1.29, 1.82) is 0 Å². The highest BCUT2D eigenvalue weighted by molar-refractivity contribution is 7.89. The van der Waals surface area contributed by atoms with E-state index in [4.69, 9.17) is 10.3 Å². The third kappa shape index (κ3) is 3.30. The highest BCUT2D eigenvalue weighted by Gasteiger charge is 2.21. The van der Waals surface area contributed by atoms with Gasteiger partial charge in [-0.2, -0.15) is 0 Å². The topological polar surface area (TPSA) is 120 Å². The molecule has 2 rings (SSSR count). The Morgan fingerprint density at radius 2 is 1.29 bits per heavy atom. The lowest BCUT2D eigenvalue weighted by Gasteiger charge is -2.12. The molecule has 0 spiro atoms. The maximum atomic E-state index is 11.7. The second-order valence-electron chi connectivity index (χ2n) is 4.59. The van der Waals surface area contributed by atoms with Crippen molar-refractivity contribution in [3.05, 3.63) is 48.0 Å². The molecule has 0 amide bonds. The van der Waals surface area contributed by atoms with Gasteiger partial charge in [-0.05, 0) is 24.6 Å². The molecule has 0 fully saturated rings. The molecule has 0 aliphatic carbocycles. The van der Waals surface area contributed by atoms with Crippen molar-refractivity contribution < 1.29 is 16.8 Å². The first-order valence-electron chi connectivity index (χ1n) is 5.86. The predicted octanol–water partition coefficient (Wildman–Crippen LogP) is 0.957. The van der Waals surface area contributed by atoms with Gasteiger partial charge in [0, 0.05) is 11.1 Å². The van der Waals surface area contributed by atoms with Gasteiger partial charge in [-0.1, -0.05) is 30.3 Å². The summed E-state index contributed by atoms with van der Waals surface area (Å²) in [5, 5.41) is 10.4. The third-order valence-corrected chi connectivity index (χ3v) is 4.85. The van der Waals surface area contributed by atoms with Crippen molar-refractivity contribution in [2.24, 2.45) is 10.3 Å². The van der Waals surface area contributed by atoms with Crippen LogP contribution in [0.1, 0.15) is 5.56 Å². The molecule has 0 aromatic heterocycles. The van der Waals surface area contributed by atoms with E-state index in [1.165, 1.54) is 30.3 Å². The van der Waals surface area contributed by atoms with E-state index in [1.54, 1.807) is 19.1 Å². The maximum absolute atomic E-state index is 11.7. The van der Waals surface area contributed by atoms with Crippen LogP contribution in [-0.4, -0.2) is 16.8 Å². The zero-order valence-electron chi connectivity index (χ0n) is 11.1. The van der Waals surface area contributed by atoms with E-state index < -0.39 is 20.0 Å². The van der Waals surface area contributed by atoms with Crippen LogP contribution in [0.5, 0.6) is 0 Å². The molecule has 0 aliphatic rings. The van der Waals surface area contributed by atoms with Crippen molar-refractivity contribution in [1.82, 2.24) is 0 Å². The predicted molar refractivity (Wildman–Crippen MR) is 79.4 cm³/mol. The third-order valence-electron chi connectivity index (χ3n) is 2.93. The van der Waals surface area contributed by atoms with Crippen molar-refractivity contribution in [2.75, 3.05) is 0 Å². The number of aryl methyl sites for hydroxylation is 1. The van der Waals surface area contributed by atoms with Gasteiger partial charge in [0.25, 0.3) is 0 Å². The van der Waals surface area contributed by atoms with E-state index in [0.29, 0.717) is 5.56 Å². The summed E-state index contributed by atoms with van der Waals surface area (Å²) in [6.45, 7) is 1.71. The Kier molecular flexibility index (Phi) is 3.89. The molecule has 21 heavy (non-hydrogen) atoms. The number of sulfonamides is 2. The summed E-state index contributed by atoms with van der Waals surface area (Å²) in [6, 6.07) is 10.5. The van der Waals surface area contributed by atoms with Gasteiger partial charge in [0.05, 0.1) is 9.79 Å². The van der Waals surface area contributed by atoms with E-state index in [2.05, 4.69) is 0 Å². The van der Waals surface area contributed by atoms with E-state index >= 15 is 0 Å². The smallest absolute Gasteiger partial charge is 0.225 e. The number of hydrogen-bond donors (Lipinski definition) is 2. The molecule has 4 N–H and O–H groups in total. The van der Waals surface area contributed by atoms with E-state index in [9.17, 15) is 16.8 Å². The summed E-state index contributed by atoms with van der Waals surface area (Å²) < 4.78 is 46.8. The zero-order valence-corrected chi connectivity index (χ0v) is 12.8. The Bertz CT molecular complexity index is 904. The minimum atomic E-state index is -4.00. The van der Waals surface area contributed by atoms with Crippen LogP contribution < -0.4 is 10.3 Å². The molecule has 0 bridgehead atoms. The zero-order chi connectivity index (χ0) is 15.8. The number of hydrogen-bond acceptors (Lipinski definition) is 4. The highest BCUT2D eigenvalue weighted by atomic mass is 32.2. The first-order valence-corrected chi connectivity index (χ1v) is 8.95. The molecule has 0 unspecified atom stereocenters. The summed E-state index contributed by atoms with van der Waals surface area (Å²) in [4.78, 5) is -0.294. The molecule has 0 atom stereocenters. The van der Waals surface area contributed by atoms with Crippen molar-refractivity contribution in [3.63, 3.8) is 0 Å². The van der Waals surface area contributed by atoms with Crippen LogP contribution in [0.15, 0.2) is 52.3 Å². The first kappa shape index (κ1) is 15.6. The van der Waals surface area contributed by atoms with Crippen molar-refractivity contribution >= 4 is 20.0 Å². The van der Waals surface area contributed by atoms with Gasteiger partial charge >= 0.3 is 0 Å². The summed E-state index contributed by atoms with van der Waals surface area (Å²) in [5.74, 6) is 0. The van der Waals surface area contributed by atoms with Gasteiger partial charge in [0.15, 0.2) is 0 Å². The molecular formula is C13H14N2O4S2. The molecule has 0 radical (unpaired) electrons. The van der Waals surface area contributed by atoms with Gasteiger partial charge in [-0.15, -0.1) is 0 Å². The normalized spacial score (nSPS) is 12.3. The molecule has 2 aromatic rings. The SMILES string of the molecule is Cc1ccc(-c2ccccc2S(N)(=O)=O)c(S(N)(=O)=O)c1. The van der Waals surface area contributed by atoms with E-state index in [-0.39, 0.29) is 20.9 Å². The maximum Gasteiger partial charge on any atom is 0.238 e. The molecule has 6 nitrogen and oxygen atoms in total. The molecule has 0 heterocycles. The minimum Gasteiger partial charge on any atom is -0.225 e. The Morgan fingerprint density at radius 1 is 0.762 bits per heavy atom. The van der Waals surface area contributed by atoms with Crippen molar-refractivity contribution in [3.8, 4) is 11.1 Å². The Balaban J connectivity index is 2.88. The lowest BCUT2D eigenvalue weighted by molar-refractivity contribution is 0.595. The second-order valence-corrected chi connectivity index (χ2v) is 7.65. The summed E-state index contributed by atoms with van der Waals surface area (Å²) in [6.07, 6.45) is 0. The van der Waals surface area contributed by atoms with Crippen LogP contribution in [0.25, 0.3) is 11.1 Å². The number of benzene rings is 2. The fourth-order valence-corrected chi connectivity index (χ4v) is 3.61. The lowest BCUT2D eigenvalue weighted by Crippen LogP contribution is -2.16. The van der Waals surface area contributed by atoms with E-state index in [1.807, 2.05) is 0 Å². The molecule has 0 saturated heterocycles. The first-order chi connectivity index (χ1) is 9.60. The van der Waals surface area contributed by atoms with Gasteiger partial charge < -0.3 is 0 Å². The van der Waals surface area contributed by atoms with E-state index in [0.717, 1.165) is 0 Å². The van der Waals surface area contributed by atoms with Gasteiger partial charge in [0.1, 0.15) is 0 Å². The lowest BCUT2D eigenvalue weighted by atomic mass is 10.0. The largest absolute Gasteiger partial charge is 0.238 e. The van der Waals surface area contributed by atoms with Gasteiger partial charge in [-0.25, -0.2) is 27.1 Å². The van der Waals surface area contributed by atoms with Crippen LogP contribution in [0.2, 0.25) is 0 Å². The van der Waals surface area contributed by atoms with Crippen LogP contribution in [-0.2, 0) is 20.0 Å². The monoisotopic (exact) mass is 326 g/mol. The van der Waals surface area contributed by atoms with Crippen molar-refractivity contribution in [2.45, 2.75) is 16.7 Å². The van der Waals surface area contributed by atoms with Crippen LogP contribution >= 0.6 is 0 Å². The van der Waals surface area contributed by atoms with Gasteiger partial charge in [-0.3, -0.25) is 0 Å². The standard InChI is InChI=1S/C13H14N2O4S2/c1-9-6-7-11(13(8-9)21(15,18)19)10-4-2-3-5-12(10)20(14,16)17/h2-8H,1H3,(H2,14,16,17)(H2,15,18,19). The minimum absolute atomic E-state index is 0.140. The molecule has 0 saturated carbocycles. The molecule has 8 heteroatoms. The summed E-state index contributed by atoms with van der Waals surface area (Å²) in [5.41, 5.74) is 1.09. The number of rotatable bonds is 3. The number of nitrogens with two attached hydrogens (primary N) is 2. The average molecular weight is 326 g/mol. The molecule has 0 aliphatic heterocycles. The molecular weight excluding hydrogens is 312 g/mol. The Labute approximate surface area is 123 Å². The molecule has 2 aromatic carbocycles. The summed E-state index contributed by atoms with van der Waals surface area (Å²) >= 11 is 0. The average Bonchev–Trinajstić information content (AvgIpc) is 2.36. The van der Waals surface area contributed by atoms with Crippen LogP contribution in [0.3, 0.4) is 0 Å². The highest BCUT2D eigenvalue weighted by Crippen LogP contribution is 2.32. The van der Waals surface area contributed by atoms with Crippen LogP contribution in [0.4, 0.5) is 0 Å².